The second-order valence-corrected chi connectivity index (χ2v) is 7.68. The summed E-state index contributed by atoms with van der Waals surface area (Å²) in [7, 11) is 0. The zero-order valence-corrected chi connectivity index (χ0v) is 14.6. The van der Waals surface area contributed by atoms with Crippen molar-refractivity contribution in [3.8, 4) is 0 Å². The SMILES string of the molecule is CCN(CCC1CC2CCC(C1)N2)Cc1cccc(Br)c1. The Hall–Kier alpha value is -0.380. The van der Waals surface area contributed by atoms with Gasteiger partial charge in [-0.05, 0) is 68.8 Å². The molecule has 2 unspecified atom stereocenters. The molecule has 3 heteroatoms. The van der Waals surface area contributed by atoms with Crippen molar-refractivity contribution in [2.24, 2.45) is 5.92 Å². The van der Waals surface area contributed by atoms with E-state index in [0.29, 0.717) is 0 Å². The second kappa shape index (κ2) is 7.26. The Morgan fingerprint density at radius 3 is 2.67 bits per heavy atom. The minimum atomic E-state index is 0.828. The Morgan fingerprint density at radius 2 is 2.00 bits per heavy atom. The van der Waals surface area contributed by atoms with Gasteiger partial charge in [-0.3, -0.25) is 4.90 Å². The topological polar surface area (TPSA) is 15.3 Å². The third-order valence-corrected chi connectivity index (χ3v) is 5.66. The molecule has 1 aromatic carbocycles. The molecule has 3 rings (SSSR count). The van der Waals surface area contributed by atoms with Gasteiger partial charge in [-0.2, -0.15) is 0 Å². The molecule has 0 radical (unpaired) electrons. The van der Waals surface area contributed by atoms with E-state index in [9.17, 15) is 0 Å². The van der Waals surface area contributed by atoms with Gasteiger partial charge in [0.1, 0.15) is 0 Å². The zero-order chi connectivity index (χ0) is 14.7. The molecule has 2 saturated heterocycles. The molecule has 2 aliphatic rings. The van der Waals surface area contributed by atoms with Crippen molar-refractivity contribution in [3.05, 3.63) is 34.3 Å². The van der Waals surface area contributed by atoms with E-state index >= 15 is 0 Å². The number of nitrogens with one attached hydrogen (secondary N) is 1. The molecule has 116 valence electrons. The molecule has 2 bridgehead atoms. The highest BCUT2D eigenvalue weighted by Gasteiger charge is 2.33. The van der Waals surface area contributed by atoms with E-state index in [0.717, 1.165) is 31.1 Å². The minimum Gasteiger partial charge on any atom is -0.311 e. The second-order valence-electron chi connectivity index (χ2n) is 6.76. The number of nitrogens with zero attached hydrogens (tertiary/aromatic N) is 1. The molecule has 2 nitrogen and oxygen atoms in total. The van der Waals surface area contributed by atoms with Crippen LogP contribution in [0.2, 0.25) is 0 Å². The summed E-state index contributed by atoms with van der Waals surface area (Å²) < 4.78 is 1.19. The Balaban J connectivity index is 1.48. The van der Waals surface area contributed by atoms with Crippen LogP contribution < -0.4 is 5.32 Å². The van der Waals surface area contributed by atoms with Crippen LogP contribution in [-0.2, 0) is 6.54 Å². The summed E-state index contributed by atoms with van der Waals surface area (Å²) in [5.41, 5.74) is 1.41. The fourth-order valence-electron chi connectivity index (χ4n) is 4.02. The molecule has 21 heavy (non-hydrogen) atoms. The van der Waals surface area contributed by atoms with Crippen LogP contribution in [0.4, 0.5) is 0 Å². The first-order chi connectivity index (χ1) is 10.2. The van der Waals surface area contributed by atoms with Crippen molar-refractivity contribution in [1.82, 2.24) is 10.2 Å². The smallest absolute Gasteiger partial charge is 0.0234 e. The zero-order valence-electron chi connectivity index (χ0n) is 13.0. The van der Waals surface area contributed by atoms with Gasteiger partial charge in [-0.1, -0.05) is 35.0 Å². The summed E-state index contributed by atoms with van der Waals surface area (Å²) in [5.74, 6) is 0.945. The van der Waals surface area contributed by atoms with Crippen molar-refractivity contribution in [3.63, 3.8) is 0 Å². The molecule has 1 aromatic rings. The number of fused-ring (bicyclic) bond motifs is 2. The van der Waals surface area contributed by atoms with Crippen LogP contribution in [0.15, 0.2) is 28.7 Å². The van der Waals surface area contributed by atoms with Crippen molar-refractivity contribution in [1.29, 1.82) is 0 Å². The molecule has 2 fully saturated rings. The van der Waals surface area contributed by atoms with Gasteiger partial charge in [0.2, 0.25) is 0 Å². The van der Waals surface area contributed by atoms with E-state index in [2.05, 4.69) is 57.3 Å². The van der Waals surface area contributed by atoms with Gasteiger partial charge in [-0.15, -0.1) is 0 Å². The molecule has 1 N–H and O–H groups in total. The minimum absolute atomic E-state index is 0.828. The fourth-order valence-corrected chi connectivity index (χ4v) is 4.47. The van der Waals surface area contributed by atoms with Crippen LogP contribution in [0, 0.1) is 5.92 Å². The average molecular weight is 351 g/mol. The van der Waals surface area contributed by atoms with E-state index < -0.39 is 0 Å². The summed E-state index contributed by atoms with van der Waals surface area (Å²) in [6.45, 7) is 5.75. The first-order valence-electron chi connectivity index (χ1n) is 8.45. The monoisotopic (exact) mass is 350 g/mol. The highest BCUT2D eigenvalue weighted by Crippen LogP contribution is 2.32. The number of hydrogen-bond donors (Lipinski definition) is 1. The van der Waals surface area contributed by atoms with Crippen LogP contribution in [0.1, 0.15) is 44.6 Å². The number of piperidine rings is 1. The lowest BCUT2D eigenvalue weighted by Crippen LogP contribution is -2.39. The maximum absolute atomic E-state index is 3.75. The third-order valence-electron chi connectivity index (χ3n) is 5.17. The quantitative estimate of drug-likeness (QED) is 0.827. The summed E-state index contributed by atoms with van der Waals surface area (Å²) in [6.07, 6.45) is 7.01. The van der Waals surface area contributed by atoms with Crippen LogP contribution >= 0.6 is 15.9 Å². The van der Waals surface area contributed by atoms with E-state index in [1.807, 2.05) is 0 Å². The fraction of sp³-hybridized carbons (Fsp3) is 0.667. The largest absolute Gasteiger partial charge is 0.311 e. The molecule has 2 heterocycles. The van der Waals surface area contributed by atoms with Crippen molar-refractivity contribution >= 4 is 15.9 Å². The highest BCUT2D eigenvalue weighted by atomic mass is 79.9. The molecule has 0 aliphatic carbocycles. The van der Waals surface area contributed by atoms with Crippen LogP contribution in [0.5, 0.6) is 0 Å². The molecule has 0 saturated carbocycles. The van der Waals surface area contributed by atoms with Crippen molar-refractivity contribution in [2.75, 3.05) is 13.1 Å². The van der Waals surface area contributed by atoms with Gasteiger partial charge in [-0.25, -0.2) is 0 Å². The molecule has 2 aliphatic heterocycles. The van der Waals surface area contributed by atoms with Gasteiger partial charge in [0.05, 0.1) is 0 Å². The predicted molar refractivity (Wildman–Crippen MR) is 92.4 cm³/mol. The van der Waals surface area contributed by atoms with E-state index in [1.165, 1.54) is 48.7 Å². The van der Waals surface area contributed by atoms with Gasteiger partial charge in [0, 0.05) is 23.1 Å². The molecule has 2 atom stereocenters. The lowest BCUT2D eigenvalue weighted by atomic mass is 9.89. The number of benzene rings is 1. The van der Waals surface area contributed by atoms with E-state index in [1.54, 1.807) is 0 Å². The van der Waals surface area contributed by atoms with E-state index in [-0.39, 0.29) is 0 Å². The summed E-state index contributed by atoms with van der Waals surface area (Å²) in [5, 5.41) is 3.75. The molecule has 0 aromatic heterocycles. The Labute approximate surface area is 137 Å². The lowest BCUT2D eigenvalue weighted by molar-refractivity contribution is 0.219. The number of halogens is 1. The lowest BCUT2D eigenvalue weighted by Gasteiger charge is -2.31. The standard InChI is InChI=1S/C18H27BrN2/c1-2-21(13-15-4-3-5-16(19)10-15)9-8-14-11-17-6-7-18(12-14)20-17/h3-5,10,14,17-18,20H,2,6-9,11-13H2,1H3. The van der Waals surface area contributed by atoms with Crippen LogP contribution in [0.25, 0.3) is 0 Å². The van der Waals surface area contributed by atoms with Gasteiger partial charge in [0.15, 0.2) is 0 Å². The predicted octanol–water partition coefficient (Wildman–Crippen LogP) is 4.19. The Bertz CT molecular complexity index is 450. The molecule has 0 spiro atoms. The van der Waals surface area contributed by atoms with Gasteiger partial charge < -0.3 is 5.32 Å². The van der Waals surface area contributed by atoms with Crippen LogP contribution in [-0.4, -0.2) is 30.1 Å². The maximum Gasteiger partial charge on any atom is 0.0234 e. The Kier molecular flexibility index (Phi) is 5.36. The summed E-state index contributed by atoms with van der Waals surface area (Å²) >= 11 is 3.57. The van der Waals surface area contributed by atoms with Gasteiger partial charge >= 0.3 is 0 Å². The first-order valence-corrected chi connectivity index (χ1v) is 9.25. The van der Waals surface area contributed by atoms with Crippen molar-refractivity contribution < 1.29 is 0 Å². The number of hydrogen-bond acceptors (Lipinski definition) is 2. The average Bonchev–Trinajstić information content (AvgIpc) is 2.82. The maximum atomic E-state index is 3.75. The normalized spacial score (nSPS) is 28.2. The highest BCUT2D eigenvalue weighted by molar-refractivity contribution is 9.10. The first kappa shape index (κ1) is 15.5. The molecular formula is C18H27BrN2. The van der Waals surface area contributed by atoms with Crippen LogP contribution in [0.3, 0.4) is 0 Å². The Morgan fingerprint density at radius 1 is 1.24 bits per heavy atom. The summed E-state index contributed by atoms with van der Waals surface area (Å²) in [4.78, 5) is 2.59. The summed E-state index contributed by atoms with van der Waals surface area (Å²) in [6, 6.07) is 10.4. The number of rotatable bonds is 6. The third kappa shape index (κ3) is 4.30. The molecule has 0 amide bonds. The van der Waals surface area contributed by atoms with E-state index in [4.69, 9.17) is 0 Å². The molecular weight excluding hydrogens is 324 g/mol. The van der Waals surface area contributed by atoms with Crippen molar-refractivity contribution in [2.45, 2.75) is 57.7 Å². The van der Waals surface area contributed by atoms with Gasteiger partial charge in [0.25, 0.3) is 0 Å².